The van der Waals surface area contributed by atoms with Gasteiger partial charge in [-0.25, -0.2) is 4.98 Å². The second-order valence-electron chi connectivity index (χ2n) is 7.58. The van der Waals surface area contributed by atoms with Gasteiger partial charge >= 0.3 is 0 Å². The molecule has 4 rings (SSSR count). The average molecular weight is 438 g/mol. The summed E-state index contributed by atoms with van der Waals surface area (Å²) in [7, 11) is 0. The summed E-state index contributed by atoms with van der Waals surface area (Å²) in [6.45, 7) is 5.36. The Hall–Kier alpha value is -3.37. The Balaban J connectivity index is 1.37. The molecule has 1 aliphatic heterocycles. The van der Waals surface area contributed by atoms with Gasteiger partial charge in [-0.1, -0.05) is 35.5 Å². The van der Waals surface area contributed by atoms with E-state index in [1.165, 1.54) is 17.1 Å². The van der Waals surface area contributed by atoms with Gasteiger partial charge in [-0.3, -0.25) is 19.1 Å². The molecular weight excluding hydrogens is 412 g/mol. The number of ether oxygens (including phenoxy) is 1. The van der Waals surface area contributed by atoms with Crippen molar-refractivity contribution in [3.63, 3.8) is 0 Å². The van der Waals surface area contributed by atoms with E-state index in [0.29, 0.717) is 25.6 Å². The quantitative estimate of drug-likeness (QED) is 0.558. The lowest BCUT2D eigenvalue weighted by Gasteiger charge is -2.35. The van der Waals surface area contributed by atoms with Crippen LogP contribution in [0.5, 0.6) is 0 Å². The summed E-state index contributed by atoms with van der Waals surface area (Å²) in [4.78, 5) is 35.7. The Morgan fingerprint density at radius 3 is 2.72 bits per heavy atom. The predicted octanol–water partition coefficient (Wildman–Crippen LogP) is 1.18. The van der Waals surface area contributed by atoms with Crippen molar-refractivity contribution >= 4 is 5.91 Å². The lowest BCUT2D eigenvalue weighted by molar-refractivity contribution is -0.121. The Morgan fingerprint density at radius 1 is 1.22 bits per heavy atom. The molecule has 10 nitrogen and oxygen atoms in total. The first kappa shape index (κ1) is 21.8. The van der Waals surface area contributed by atoms with Crippen molar-refractivity contribution in [3.05, 3.63) is 64.6 Å². The number of nitrogens with one attached hydrogen (secondary N) is 1. The molecule has 168 valence electrons. The number of aryl methyl sites for hydroxylation is 2. The molecule has 3 aromatic rings. The second-order valence-corrected chi connectivity index (χ2v) is 7.58. The van der Waals surface area contributed by atoms with E-state index in [4.69, 9.17) is 9.26 Å². The van der Waals surface area contributed by atoms with Crippen molar-refractivity contribution in [3.8, 4) is 11.5 Å². The van der Waals surface area contributed by atoms with Gasteiger partial charge in [0.1, 0.15) is 5.56 Å². The van der Waals surface area contributed by atoms with Crippen molar-refractivity contribution in [1.82, 2.24) is 29.9 Å². The molecule has 3 heterocycles. The zero-order valence-corrected chi connectivity index (χ0v) is 17.9. The highest BCUT2D eigenvalue weighted by Gasteiger charge is 2.23. The largest absolute Gasteiger partial charge is 0.379 e. The molecule has 1 unspecified atom stereocenters. The van der Waals surface area contributed by atoms with Gasteiger partial charge in [0, 0.05) is 38.8 Å². The normalized spacial score (nSPS) is 15.4. The second kappa shape index (κ2) is 10.3. The maximum atomic E-state index is 12.7. The number of aromatic nitrogens is 4. The van der Waals surface area contributed by atoms with Crippen LogP contribution < -0.4 is 10.9 Å². The third kappa shape index (κ3) is 5.27. The highest BCUT2D eigenvalue weighted by atomic mass is 16.5. The summed E-state index contributed by atoms with van der Waals surface area (Å²) in [5.74, 6) is 0.419. The first-order chi connectivity index (χ1) is 15.6. The minimum atomic E-state index is -0.327. The fourth-order valence-corrected chi connectivity index (χ4v) is 3.71. The zero-order chi connectivity index (χ0) is 22.3. The minimum Gasteiger partial charge on any atom is -0.379 e. The highest BCUT2D eigenvalue weighted by Crippen LogP contribution is 2.21. The van der Waals surface area contributed by atoms with E-state index in [0.717, 1.165) is 18.7 Å². The lowest BCUT2D eigenvalue weighted by atomic mass is 10.0. The van der Waals surface area contributed by atoms with Crippen LogP contribution in [0.25, 0.3) is 11.5 Å². The van der Waals surface area contributed by atoms with E-state index in [2.05, 4.69) is 37.5 Å². The third-order valence-electron chi connectivity index (χ3n) is 5.40. The van der Waals surface area contributed by atoms with Crippen molar-refractivity contribution in [2.24, 2.45) is 0 Å². The zero-order valence-electron chi connectivity index (χ0n) is 17.9. The molecule has 32 heavy (non-hydrogen) atoms. The van der Waals surface area contributed by atoms with Gasteiger partial charge in [-0.15, -0.1) is 0 Å². The number of rotatable bonds is 8. The molecule has 0 bridgehead atoms. The van der Waals surface area contributed by atoms with Crippen LogP contribution in [-0.4, -0.2) is 63.3 Å². The molecule has 0 aliphatic carbocycles. The number of benzene rings is 1. The third-order valence-corrected chi connectivity index (χ3v) is 5.40. The van der Waals surface area contributed by atoms with Crippen LogP contribution >= 0.6 is 0 Å². The Bertz CT molecular complexity index is 1090. The molecule has 1 fully saturated rings. The van der Waals surface area contributed by atoms with Crippen LogP contribution in [0.15, 0.2) is 52.2 Å². The first-order valence-electron chi connectivity index (χ1n) is 10.6. The lowest BCUT2D eigenvalue weighted by Crippen LogP contribution is -2.44. The summed E-state index contributed by atoms with van der Waals surface area (Å²) < 4.78 is 11.9. The van der Waals surface area contributed by atoms with E-state index in [1.807, 2.05) is 18.2 Å². The van der Waals surface area contributed by atoms with Crippen molar-refractivity contribution in [1.29, 1.82) is 0 Å². The van der Waals surface area contributed by atoms with Gasteiger partial charge in [0.25, 0.3) is 11.4 Å². The molecule has 0 radical (unpaired) electrons. The molecule has 1 atom stereocenters. The number of carbonyl (C=O) groups is 1. The van der Waals surface area contributed by atoms with Crippen LogP contribution in [0, 0.1) is 6.92 Å². The molecule has 1 aromatic carbocycles. The van der Waals surface area contributed by atoms with Crippen LogP contribution in [0.4, 0.5) is 0 Å². The summed E-state index contributed by atoms with van der Waals surface area (Å²) in [6, 6.07) is 10.2. The monoisotopic (exact) mass is 438 g/mol. The smallest absolute Gasteiger partial charge is 0.266 e. The average Bonchev–Trinajstić information content (AvgIpc) is 3.26. The van der Waals surface area contributed by atoms with E-state index < -0.39 is 0 Å². The molecule has 1 amide bonds. The summed E-state index contributed by atoms with van der Waals surface area (Å²) in [5.41, 5.74) is 1.04. The molecule has 0 saturated carbocycles. The predicted molar refractivity (Wildman–Crippen MR) is 116 cm³/mol. The van der Waals surface area contributed by atoms with Crippen molar-refractivity contribution in [2.75, 3.05) is 32.8 Å². The van der Waals surface area contributed by atoms with Crippen LogP contribution in [0.1, 0.15) is 23.9 Å². The number of amides is 1. The fourth-order valence-electron chi connectivity index (χ4n) is 3.71. The van der Waals surface area contributed by atoms with E-state index in [1.54, 1.807) is 6.92 Å². The van der Waals surface area contributed by atoms with E-state index >= 15 is 0 Å². The minimum absolute atomic E-state index is 0.0672. The fraction of sp³-hybridized carbons (Fsp3) is 0.409. The molecular formula is C22H26N6O4. The number of hydrogen-bond acceptors (Lipinski definition) is 8. The number of morpholine rings is 1. The van der Waals surface area contributed by atoms with Crippen molar-refractivity contribution in [2.45, 2.75) is 25.9 Å². The van der Waals surface area contributed by atoms with Gasteiger partial charge in [-0.05, 0) is 12.5 Å². The van der Waals surface area contributed by atoms with Gasteiger partial charge in [0.05, 0.1) is 25.6 Å². The standard InChI is InChI=1S/C22H26N6O4/c1-16-25-21(32-26-16)18-13-23-15-28(22(18)30)8-7-20(29)24-14-19(17-5-3-2-4-6-17)27-9-11-31-12-10-27/h2-6,13,15,19H,7-12,14H2,1H3,(H,24,29). The van der Waals surface area contributed by atoms with E-state index in [9.17, 15) is 9.59 Å². The van der Waals surface area contributed by atoms with Gasteiger partial charge in [-0.2, -0.15) is 4.98 Å². The SMILES string of the molecule is Cc1noc(-c2cncn(CCC(=O)NCC(c3ccccc3)N3CCOCC3)c2=O)n1. The molecule has 10 heteroatoms. The number of carbonyl (C=O) groups excluding carboxylic acids is 1. The maximum absolute atomic E-state index is 12.7. The molecule has 1 N–H and O–H groups in total. The molecule has 1 saturated heterocycles. The highest BCUT2D eigenvalue weighted by molar-refractivity contribution is 5.75. The first-order valence-corrected chi connectivity index (χ1v) is 10.6. The van der Waals surface area contributed by atoms with E-state index in [-0.39, 0.29) is 41.9 Å². The van der Waals surface area contributed by atoms with Crippen LogP contribution in [0.2, 0.25) is 0 Å². The summed E-state index contributed by atoms with van der Waals surface area (Å²) in [5, 5.41) is 6.72. The van der Waals surface area contributed by atoms with Crippen molar-refractivity contribution < 1.29 is 14.1 Å². The Kier molecular flexibility index (Phi) is 7.03. The van der Waals surface area contributed by atoms with Crippen LogP contribution in [-0.2, 0) is 16.1 Å². The number of nitrogens with zero attached hydrogens (tertiary/aromatic N) is 5. The summed E-state index contributed by atoms with van der Waals surface area (Å²) >= 11 is 0. The maximum Gasteiger partial charge on any atom is 0.266 e. The van der Waals surface area contributed by atoms with Gasteiger partial charge in [0.2, 0.25) is 5.91 Å². The Morgan fingerprint density at radius 2 is 2.00 bits per heavy atom. The molecule has 2 aromatic heterocycles. The Labute approximate surface area is 185 Å². The van der Waals surface area contributed by atoms with Gasteiger partial charge in [0.15, 0.2) is 5.82 Å². The topological polar surface area (TPSA) is 115 Å². The molecule has 1 aliphatic rings. The summed E-state index contributed by atoms with van der Waals surface area (Å²) in [6.07, 6.45) is 2.94. The number of hydrogen-bond donors (Lipinski definition) is 1. The molecule has 0 spiro atoms. The van der Waals surface area contributed by atoms with Crippen LogP contribution in [0.3, 0.4) is 0 Å². The van der Waals surface area contributed by atoms with Gasteiger partial charge < -0.3 is 14.6 Å².